The molecular formula is C19H31N3O2. The normalized spacial score (nSPS) is 16.8. The quantitative estimate of drug-likeness (QED) is 0.806. The Labute approximate surface area is 145 Å². The summed E-state index contributed by atoms with van der Waals surface area (Å²) in [5.74, 6) is 0. The zero-order chi connectivity index (χ0) is 17.6. The van der Waals surface area contributed by atoms with Crippen molar-refractivity contribution < 1.29 is 9.90 Å². The van der Waals surface area contributed by atoms with Crippen LogP contribution in [0.3, 0.4) is 0 Å². The second kappa shape index (κ2) is 8.49. The molecule has 2 N–H and O–H groups in total. The number of aliphatic hydroxyl groups is 1. The number of likely N-dealkylation sites (tertiary alicyclic amines) is 1. The number of nitrogens with one attached hydrogen (secondary N) is 1. The van der Waals surface area contributed by atoms with E-state index in [0.29, 0.717) is 19.5 Å². The lowest BCUT2D eigenvalue weighted by atomic mass is 10.0. The fourth-order valence-corrected chi connectivity index (χ4v) is 3.12. The molecule has 1 fully saturated rings. The predicted octanol–water partition coefficient (Wildman–Crippen LogP) is 2.63. The Morgan fingerprint density at radius 3 is 2.54 bits per heavy atom. The van der Waals surface area contributed by atoms with Crippen molar-refractivity contribution in [3.8, 4) is 0 Å². The van der Waals surface area contributed by atoms with Gasteiger partial charge in [0.25, 0.3) is 0 Å². The summed E-state index contributed by atoms with van der Waals surface area (Å²) >= 11 is 0. The Hall–Kier alpha value is -1.59. The van der Waals surface area contributed by atoms with Gasteiger partial charge in [-0.15, -0.1) is 0 Å². The molecule has 1 aliphatic rings. The highest BCUT2D eigenvalue weighted by Crippen LogP contribution is 2.20. The minimum absolute atomic E-state index is 0.0173. The van der Waals surface area contributed by atoms with Gasteiger partial charge in [0.15, 0.2) is 0 Å². The maximum atomic E-state index is 12.3. The second-order valence-corrected chi connectivity index (χ2v) is 7.30. The van der Waals surface area contributed by atoms with Crippen molar-refractivity contribution in [2.75, 3.05) is 33.2 Å². The molecule has 1 saturated heterocycles. The van der Waals surface area contributed by atoms with Crippen LogP contribution in [-0.2, 0) is 0 Å². The molecule has 0 saturated carbocycles. The minimum atomic E-state index is -0.539. The van der Waals surface area contributed by atoms with Crippen molar-refractivity contribution >= 4 is 6.03 Å². The number of amides is 2. The first-order valence-corrected chi connectivity index (χ1v) is 8.87. The molecule has 24 heavy (non-hydrogen) atoms. The molecule has 5 nitrogen and oxygen atoms in total. The average molecular weight is 333 g/mol. The summed E-state index contributed by atoms with van der Waals surface area (Å²) in [5, 5.41) is 13.2. The lowest BCUT2D eigenvalue weighted by Gasteiger charge is -2.36. The van der Waals surface area contributed by atoms with Crippen LogP contribution in [0.15, 0.2) is 30.3 Å². The topological polar surface area (TPSA) is 55.8 Å². The smallest absolute Gasteiger partial charge is 0.317 e. The minimum Gasteiger partial charge on any atom is -0.388 e. The van der Waals surface area contributed by atoms with Gasteiger partial charge in [-0.1, -0.05) is 30.3 Å². The summed E-state index contributed by atoms with van der Waals surface area (Å²) in [4.78, 5) is 16.4. The van der Waals surface area contributed by atoms with Gasteiger partial charge in [0.2, 0.25) is 0 Å². The number of hydrogen-bond donors (Lipinski definition) is 2. The third kappa shape index (κ3) is 5.21. The van der Waals surface area contributed by atoms with Crippen molar-refractivity contribution in [2.45, 2.75) is 44.8 Å². The zero-order valence-corrected chi connectivity index (χ0v) is 15.2. The highest BCUT2D eigenvalue weighted by Gasteiger charge is 2.29. The molecule has 0 bridgehead atoms. The van der Waals surface area contributed by atoms with Crippen LogP contribution in [-0.4, -0.2) is 59.7 Å². The van der Waals surface area contributed by atoms with Gasteiger partial charge in [0, 0.05) is 25.7 Å². The second-order valence-electron chi connectivity index (χ2n) is 7.30. The molecule has 0 aromatic heterocycles. The molecular weight excluding hydrogens is 302 g/mol. The number of aliphatic hydroxyl groups excluding tert-OH is 1. The first kappa shape index (κ1) is 18.7. The molecule has 134 valence electrons. The number of benzene rings is 1. The fourth-order valence-electron chi connectivity index (χ4n) is 3.12. The van der Waals surface area contributed by atoms with Gasteiger partial charge in [-0.05, 0) is 51.8 Å². The highest BCUT2D eigenvalue weighted by molar-refractivity contribution is 5.73. The summed E-state index contributed by atoms with van der Waals surface area (Å²) < 4.78 is 0. The fraction of sp³-hybridized carbons (Fsp3) is 0.632. The van der Waals surface area contributed by atoms with Crippen LogP contribution in [0.25, 0.3) is 0 Å². The number of hydrogen-bond acceptors (Lipinski definition) is 3. The zero-order valence-electron chi connectivity index (χ0n) is 15.2. The van der Waals surface area contributed by atoms with E-state index in [-0.39, 0.29) is 11.6 Å². The Morgan fingerprint density at radius 1 is 1.29 bits per heavy atom. The Bertz CT molecular complexity index is 513. The Kier molecular flexibility index (Phi) is 6.63. The van der Waals surface area contributed by atoms with Gasteiger partial charge in [-0.3, -0.25) is 4.90 Å². The summed E-state index contributed by atoms with van der Waals surface area (Å²) in [6.07, 6.45) is 2.48. The van der Waals surface area contributed by atoms with Gasteiger partial charge in [0.1, 0.15) is 0 Å². The van der Waals surface area contributed by atoms with Gasteiger partial charge < -0.3 is 15.3 Å². The molecule has 1 aliphatic heterocycles. The molecule has 2 rings (SSSR count). The summed E-state index contributed by atoms with van der Waals surface area (Å²) in [7, 11) is 1.77. The van der Waals surface area contributed by atoms with E-state index >= 15 is 0 Å². The van der Waals surface area contributed by atoms with Crippen molar-refractivity contribution in [1.82, 2.24) is 15.1 Å². The Morgan fingerprint density at radius 2 is 1.92 bits per heavy atom. The third-order valence-corrected chi connectivity index (χ3v) is 4.90. The molecule has 0 spiro atoms. The molecule has 1 aromatic carbocycles. The van der Waals surface area contributed by atoms with Gasteiger partial charge in [-0.25, -0.2) is 4.79 Å². The van der Waals surface area contributed by atoms with Gasteiger partial charge >= 0.3 is 6.03 Å². The molecule has 0 unspecified atom stereocenters. The molecule has 2 amide bonds. The van der Waals surface area contributed by atoms with E-state index in [1.807, 2.05) is 30.3 Å². The molecule has 1 heterocycles. The van der Waals surface area contributed by atoms with Gasteiger partial charge in [-0.2, -0.15) is 0 Å². The van der Waals surface area contributed by atoms with Gasteiger partial charge in [0.05, 0.1) is 6.10 Å². The van der Waals surface area contributed by atoms with E-state index < -0.39 is 6.10 Å². The van der Waals surface area contributed by atoms with Crippen molar-refractivity contribution in [3.63, 3.8) is 0 Å². The van der Waals surface area contributed by atoms with Crippen molar-refractivity contribution in [1.29, 1.82) is 0 Å². The lowest BCUT2D eigenvalue weighted by Crippen LogP contribution is -2.52. The van der Waals surface area contributed by atoms with Crippen LogP contribution < -0.4 is 5.32 Å². The standard InChI is InChI=1S/C19H31N3O2/c1-19(2,22-12-7-8-13-22)15-20-18(24)21(3)14-11-17(23)16-9-5-4-6-10-16/h4-6,9-10,17,23H,7-8,11-15H2,1-3H3,(H,20,24)/t17-/m0/s1. The van der Waals surface area contributed by atoms with Crippen LogP contribution in [0.2, 0.25) is 0 Å². The van der Waals surface area contributed by atoms with Crippen LogP contribution >= 0.6 is 0 Å². The van der Waals surface area contributed by atoms with Crippen LogP contribution in [0, 0.1) is 0 Å². The summed E-state index contributed by atoms with van der Waals surface area (Å²) in [6, 6.07) is 9.48. The van der Waals surface area contributed by atoms with E-state index in [2.05, 4.69) is 24.1 Å². The predicted molar refractivity (Wildman–Crippen MR) is 96.9 cm³/mol. The molecule has 0 radical (unpaired) electrons. The number of carbonyl (C=O) groups is 1. The van der Waals surface area contributed by atoms with Crippen LogP contribution in [0.1, 0.15) is 44.8 Å². The first-order chi connectivity index (χ1) is 11.4. The van der Waals surface area contributed by atoms with Crippen LogP contribution in [0.5, 0.6) is 0 Å². The average Bonchev–Trinajstić information content (AvgIpc) is 3.13. The third-order valence-electron chi connectivity index (χ3n) is 4.90. The van der Waals surface area contributed by atoms with Crippen molar-refractivity contribution in [2.24, 2.45) is 0 Å². The van der Waals surface area contributed by atoms with E-state index in [4.69, 9.17) is 0 Å². The van der Waals surface area contributed by atoms with E-state index in [1.165, 1.54) is 12.8 Å². The highest BCUT2D eigenvalue weighted by atomic mass is 16.3. The monoisotopic (exact) mass is 333 g/mol. The molecule has 5 heteroatoms. The number of rotatable bonds is 7. The summed E-state index contributed by atoms with van der Waals surface area (Å²) in [5.41, 5.74) is 0.873. The number of carbonyl (C=O) groups excluding carboxylic acids is 1. The summed E-state index contributed by atoms with van der Waals surface area (Å²) in [6.45, 7) is 7.74. The molecule has 1 atom stereocenters. The Balaban J connectivity index is 1.73. The lowest BCUT2D eigenvalue weighted by molar-refractivity contribution is 0.138. The maximum absolute atomic E-state index is 12.3. The maximum Gasteiger partial charge on any atom is 0.317 e. The SMILES string of the molecule is CN(CC[C@H](O)c1ccccc1)C(=O)NCC(C)(C)N1CCCC1. The van der Waals surface area contributed by atoms with E-state index in [9.17, 15) is 9.90 Å². The van der Waals surface area contributed by atoms with Crippen molar-refractivity contribution in [3.05, 3.63) is 35.9 Å². The van der Waals surface area contributed by atoms with E-state index in [0.717, 1.165) is 18.7 Å². The first-order valence-electron chi connectivity index (χ1n) is 8.87. The van der Waals surface area contributed by atoms with E-state index in [1.54, 1.807) is 11.9 Å². The van der Waals surface area contributed by atoms with Crippen LogP contribution in [0.4, 0.5) is 4.79 Å². The molecule has 0 aliphatic carbocycles. The number of nitrogens with zero attached hydrogens (tertiary/aromatic N) is 2. The largest absolute Gasteiger partial charge is 0.388 e. The molecule has 1 aromatic rings. The number of urea groups is 1.